The standard InChI is InChI=1S/C17H23ClN2S/c1-17(2,3)19-11-13-7-5-9-15(18)16(13)20(4)12-14-8-6-10-21-14/h5-10,19H,11-12H2,1-4H3. The molecule has 0 radical (unpaired) electrons. The molecule has 0 aliphatic rings. The van der Waals surface area contributed by atoms with Crippen molar-refractivity contribution in [3.05, 3.63) is 51.2 Å². The van der Waals surface area contributed by atoms with E-state index in [1.54, 1.807) is 11.3 Å². The van der Waals surface area contributed by atoms with Crippen molar-refractivity contribution in [3.63, 3.8) is 0 Å². The predicted octanol–water partition coefficient (Wildman–Crippen LogP) is 4.93. The number of hydrogen-bond acceptors (Lipinski definition) is 3. The van der Waals surface area contributed by atoms with Crippen LogP contribution in [-0.2, 0) is 13.1 Å². The molecule has 2 rings (SSSR count). The summed E-state index contributed by atoms with van der Waals surface area (Å²) >= 11 is 8.22. The summed E-state index contributed by atoms with van der Waals surface area (Å²) in [6.45, 7) is 8.21. The van der Waals surface area contributed by atoms with Gasteiger partial charge in [-0.05, 0) is 43.8 Å². The first kappa shape index (κ1) is 16.3. The fourth-order valence-electron chi connectivity index (χ4n) is 2.21. The molecule has 0 atom stereocenters. The zero-order valence-electron chi connectivity index (χ0n) is 13.1. The van der Waals surface area contributed by atoms with Crippen molar-refractivity contribution in [2.45, 2.75) is 39.4 Å². The van der Waals surface area contributed by atoms with Crippen LogP contribution in [0.2, 0.25) is 5.02 Å². The summed E-state index contributed by atoms with van der Waals surface area (Å²) in [6, 6.07) is 10.4. The maximum atomic E-state index is 6.45. The first-order valence-electron chi connectivity index (χ1n) is 7.13. The quantitative estimate of drug-likeness (QED) is 0.840. The maximum Gasteiger partial charge on any atom is 0.0642 e. The highest BCUT2D eigenvalue weighted by Crippen LogP contribution is 2.31. The van der Waals surface area contributed by atoms with E-state index in [4.69, 9.17) is 11.6 Å². The Morgan fingerprint density at radius 1 is 1.19 bits per heavy atom. The molecule has 1 aromatic carbocycles. The third kappa shape index (κ3) is 4.73. The summed E-state index contributed by atoms with van der Waals surface area (Å²) in [5.74, 6) is 0. The molecule has 0 aliphatic heterocycles. The smallest absolute Gasteiger partial charge is 0.0642 e. The molecule has 114 valence electrons. The summed E-state index contributed by atoms with van der Waals surface area (Å²) in [5.41, 5.74) is 2.44. The SMILES string of the molecule is CN(Cc1cccs1)c1c(Cl)cccc1CNC(C)(C)C. The van der Waals surface area contributed by atoms with Crippen molar-refractivity contribution < 1.29 is 0 Å². The summed E-state index contributed by atoms with van der Waals surface area (Å²) in [7, 11) is 2.10. The second-order valence-corrected chi connectivity index (χ2v) is 7.73. The lowest BCUT2D eigenvalue weighted by Gasteiger charge is -2.26. The Kier molecular flexibility index (Phi) is 5.31. The number of nitrogens with one attached hydrogen (secondary N) is 1. The Labute approximate surface area is 136 Å². The number of hydrogen-bond donors (Lipinski definition) is 1. The number of benzene rings is 1. The number of anilines is 1. The van der Waals surface area contributed by atoms with E-state index >= 15 is 0 Å². The molecule has 0 spiro atoms. The molecule has 1 heterocycles. The Morgan fingerprint density at radius 3 is 2.57 bits per heavy atom. The van der Waals surface area contributed by atoms with Gasteiger partial charge in [0.2, 0.25) is 0 Å². The molecule has 0 bridgehead atoms. The highest BCUT2D eigenvalue weighted by Gasteiger charge is 2.15. The van der Waals surface area contributed by atoms with Gasteiger partial charge in [-0.3, -0.25) is 0 Å². The second-order valence-electron chi connectivity index (χ2n) is 6.29. The molecular weight excluding hydrogens is 300 g/mol. The first-order valence-corrected chi connectivity index (χ1v) is 8.38. The van der Waals surface area contributed by atoms with Crippen LogP contribution in [0.5, 0.6) is 0 Å². The van der Waals surface area contributed by atoms with Gasteiger partial charge in [-0.1, -0.05) is 29.8 Å². The predicted molar refractivity (Wildman–Crippen MR) is 94.5 cm³/mol. The Bertz CT molecular complexity index is 573. The van der Waals surface area contributed by atoms with Crippen molar-refractivity contribution in [2.75, 3.05) is 11.9 Å². The number of halogens is 1. The van der Waals surface area contributed by atoms with Crippen LogP contribution in [0.25, 0.3) is 0 Å². The largest absolute Gasteiger partial charge is 0.368 e. The Balaban J connectivity index is 2.20. The molecule has 0 amide bonds. The van der Waals surface area contributed by atoms with Gasteiger partial charge in [0.15, 0.2) is 0 Å². The van der Waals surface area contributed by atoms with Crippen molar-refractivity contribution in [2.24, 2.45) is 0 Å². The van der Waals surface area contributed by atoms with Crippen molar-refractivity contribution in [1.29, 1.82) is 0 Å². The van der Waals surface area contributed by atoms with E-state index in [0.717, 1.165) is 23.8 Å². The number of thiophene rings is 1. The van der Waals surface area contributed by atoms with E-state index < -0.39 is 0 Å². The maximum absolute atomic E-state index is 6.45. The summed E-state index contributed by atoms with van der Waals surface area (Å²) in [4.78, 5) is 3.57. The fourth-order valence-corrected chi connectivity index (χ4v) is 3.30. The van der Waals surface area contributed by atoms with Crippen LogP contribution in [0.1, 0.15) is 31.2 Å². The minimum absolute atomic E-state index is 0.0892. The third-order valence-corrected chi connectivity index (χ3v) is 4.40. The average Bonchev–Trinajstić information content (AvgIpc) is 2.88. The van der Waals surface area contributed by atoms with Crippen LogP contribution in [0.15, 0.2) is 35.7 Å². The van der Waals surface area contributed by atoms with E-state index in [0.29, 0.717) is 0 Å². The summed E-state index contributed by atoms with van der Waals surface area (Å²) in [6.07, 6.45) is 0. The van der Waals surface area contributed by atoms with Crippen LogP contribution in [0.4, 0.5) is 5.69 Å². The highest BCUT2D eigenvalue weighted by molar-refractivity contribution is 7.09. The van der Waals surface area contributed by atoms with Crippen molar-refractivity contribution >= 4 is 28.6 Å². The van der Waals surface area contributed by atoms with Crippen LogP contribution < -0.4 is 10.2 Å². The van der Waals surface area contributed by atoms with Crippen LogP contribution >= 0.6 is 22.9 Å². The molecule has 1 aromatic heterocycles. The van der Waals surface area contributed by atoms with Gasteiger partial charge < -0.3 is 10.2 Å². The van der Waals surface area contributed by atoms with Gasteiger partial charge in [0.05, 0.1) is 17.3 Å². The Morgan fingerprint density at radius 2 is 1.95 bits per heavy atom. The van der Waals surface area contributed by atoms with E-state index in [9.17, 15) is 0 Å². The Hall–Kier alpha value is -1.03. The monoisotopic (exact) mass is 322 g/mol. The number of para-hydroxylation sites is 1. The van der Waals surface area contributed by atoms with Gasteiger partial charge in [0.1, 0.15) is 0 Å². The van der Waals surface area contributed by atoms with E-state index in [1.807, 2.05) is 12.1 Å². The number of rotatable bonds is 5. The fraction of sp³-hybridized carbons (Fsp3) is 0.412. The lowest BCUT2D eigenvalue weighted by molar-refractivity contribution is 0.424. The van der Waals surface area contributed by atoms with Gasteiger partial charge in [-0.25, -0.2) is 0 Å². The van der Waals surface area contributed by atoms with Gasteiger partial charge in [-0.15, -0.1) is 11.3 Å². The second kappa shape index (κ2) is 6.82. The van der Waals surface area contributed by atoms with Crippen molar-refractivity contribution in [3.8, 4) is 0 Å². The lowest BCUT2D eigenvalue weighted by Crippen LogP contribution is -2.35. The van der Waals surface area contributed by atoms with E-state index in [-0.39, 0.29) is 5.54 Å². The molecule has 2 aromatic rings. The average molecular weight is 323 g/mol. The van der Waals surface area contributed by atoms with Gasteiger partial charge in [-0.2, -0.15) is 0 Å². The molecular formula is C17H23ClN2S. The highest BCUT2D eigenvalue weighted by atomic mass is 35.5. The van der Waals surface area contributed by atoms with Crippen molar-refractivity contribution in [1.82, 2.24) is 5.32 Å². The minimum Gasteiger partial charge on any atom is -0.368 e. The zero-order valence-corrected chi connectivity index (χ0v) is 14.7. The molecule has 0 fully saturated rings. The lowest BCUT2D eigenvalue weighted by atomic mass is 10.1. The molecule has 0 unspecified atom stereocenters. The zero-order chi connectivity index (χ0) is 15.5. The van der Waals surface area contributed by atoms with Crippen LogP contribution in [-0.4, -0.2) is 12.6 Å². The molecule has 4 heteroatoms. The number of nitrogens with zero attached hydrogens (tertiary/aromatic N) is 1. The first-order chi connectivity index (χ1) is 9.87. The molecule has 0 saturated heterocycles. The summed E-state index contributed by atoms with van der Waals surface area (Å²) < 4.78 is 0. The minimum atomic E-state index is 0.0892. The van der Waals surface area contributed by atoms with E-state index in [2.05, 4.69) is 61.6 Å². The topological polar surface area (TPSA) is 15.3 Å². The third-order valence-electron chi connectivity index (χ3n) is 3.23. The normalized spacial score (nSPS) is 11.7. The van der Waals surface area contributed by atoms with Gasteiger partial charge in [0, 0.05) is 24.0 Å². The van der Waals surface area contributed by atoms with Crippen LogP contribution in [0.3, 0.4) is 0 Å². The summed E-state index contributed by atoms with van der Waals surface area (Å²) in [5, 5.41) is 6.45. The van der Waals surface area contributed by atoms with E-state index in [1.165, 1.54) is 10.4 Å². The van der Waals surface area contributed by atoms with Gasteiger partial charge >= 0.3 is 0 Å². The molecule has 0 aliphatic carbocycles. The molecule has 1 N–H and O–H groups in total. The van der Waals surface area contributed by atoms with Crippen LogP contribution in [0, 0.1) is 0 Å². The molecule has 0 saturated carbocycles. The van der Waals surface area contributed by atoms with Gasteiger partial charge in [0.25, 0.3) is 0 Å². The molecule has 21 heavy (non-hydrogen) atoms. The molecule has 2 nitrogen and oxygen atoms in total.